The van der Waals surface area contributed by atoms with Gasteiger partial charge in [0.25, 0.3) is 0 Å². The van der Waals surface area contributed by atoms with Crippen molar-refractivity contribution in [1.29, 1.82) is 0 Å². The van der Waals surface area contributed by atoms with Crippen LogP contribution in [0.4, 0.5) is 0 Å². The number of fused-ring (bicyclic) bond motifs is 7. The number of hydrogen-bond donors (Lipinski definition) is 1. The van der Waals surface area contributed by atoms with Crippen molar-refractivity contribution >= 4 is 60.2 Å². The highest BCUT2D eigenvalue weighted by atomic mass is 32.1. The highest BCUT2D eigenvalue weighted by Gasteiger charge is 2.23. The van der Waals surface area contributed by atoms with E-state index in [4.69, 9.17) is 9.98 Å². The summed E-state index contributed by atoms with van der Waals surface area (Å²) in [6, 6.07) is 56.8. The van der Waals surface area contributed by atoms with Crippen molar-refractivity contribution in [2.24, 2.45) is 9.98 Å². The van der Waals surface area contributed by atoms with Gasteiger partial charge in [0.05, 0.1) is 5.52 Å². The average Bonchev–Trinajstić information content (AvgIpc) is 3.91. The standard InChI is InChI=1S/C51H36N4S/c1-3-45-31(2)40-16-10-11-17-46(40)55(45)39-22-18-36-27-38-26-34(19-23-41(38)44(36)30-39)35-20-24-42-43-25-21-37(29-48(43)56-47(42)28-35)51-53-49(32-12-6-4-7-13-32)52-50(54-51)33-14-8-5-9-15-33/h3-26,28-30,49H,1,27H2,2H3,(H,52,53,54). The number of nitrogens with one attached hydrogen (secondary N) is 1. The zero-order valence-corrected chi connectivity index (χ0v) is 31.6. The fraction of sp³-hybridized carbons (Fsp3) is 0.0588. The third-order valence-electron chi connectivity index (χ3n) is 11.5. The summed E-state index contributed by atoms with van der Waals surface area (Å²) in [7, 11) is 0. The number of rotatable bonds is 6. The second-order valence-electron chi connectivity index (χ2n) is 14.7. The lowest BCUT2D eigenvalue weighted by Crippen LogP contribution is -2.33. The lowest BCUT2D eigenvalue weighted by Gasteiger charge is -2.23. The third kappa shape index (κ3) is 5.27. The first kappa shape index (κ1) is 32.6. The van der Waals surface area contributed by atoms with E-state index in [2.05, 4.69) is 157 Å². The number of thiophene rings is 1. The first-order chi connectivity index (χ1) is 27.6. The van der Waals surface area contributed by atoms with Gasteiger partial charge < -0.3 is 9.88 Å². The van der Waals surface area contributed by atoms with Gasteiger partial charge in [0, 0.05) is 48.1 Å². The van der Waals surface area contributed by atoms with Crippen LogP contribution in [0.1, 0.15) is 45.2 Å². The molecule has 1 aliphatic heterocycles. The van der Waals surface area contributed by atoms with E-state index < -0.39 is 0 Å². The van der Waals surface area contributed by atoms with Crippen LogP contribution in [0.2, 0.25) is 0 Å². The first-order valence-electron chi connectivity index (χ1n) is 19.1. The Bertz CT molecular complexity index is 3110. The van der Waals surface area contributed by atoms with E-state index >= 15 is 0 Å². The maximum absolute atomic E-state index is 5.11. The van der Waals surface area contributed by atoms with Gasteiger partial charge in [-0.1, -0.05) is 134 Å². The smallest absolute Gasteiger partial charge is 0.159 e. The van der Waals surface area contributed by atoms with E-state index in [9.17, 15) is 0 Å². The molecule has 0 amide bonds. The highest BCUT2D eigenvalue weighted by molar-refractivity contribution is 7.25. The van der Waals surface area contributed by atoms with Crippen molar-refractivity contribution in [1.82, 2.24) is 9.88 Å². The molecule has 11 rings (SSSR count). The minimum Gasteiger partial charge on any atom is -0.344 e. The van der Waals surface area contributed by atoms with Crippen molar-refractivity contribution in [3.63, 3.8) is 0 Å². The van der Waals surface area contributed by atoms with E-state index in [0.717, 1.165) is 40.5 Å². The van der Waals surface area contributed by atoms with Gasteiger partial charge in [-0.2, -0.15) is 0 Å². The molecule has 2 aromatic heterocycles. The summed E-state index contributed by atoms with van der Waals surface area (Å²) in [6.07, 6.45) is 2.69. The number of para-hydroxylation sites is 1. The molecule has 9 aromatic rings. The van der Waals surface area contributed by atoms with Gasteiger partial charge in [0.2, 0.25) is 0 Å². The molecule has 1 unspecified atom stereocenters. The molecular weight excluding hydrogens is 701 g/mol. The van der Waals surface area contributed by atoms with Crippen LogP contribution in [0, 0.1) is 6.92 Å². The number of benzene rings is 7. The van der Waals surface area contributed by atoms with Crippen LogP contribution in [-0.4, -0.2) is 16.2 Å². The van der Waals surface area contributed by atoms with Crippen LogP contribution in [0.5, 0.6) is 0 Å². The SMILES string of the molecule is C=Cc1c(C)c2ccccc2n1-c1ccc2c(c1)-c1ccc(-c3ccc4c(c3)sc3cc(C5=NC(c6ccccc6)NC(c6ccccc6)=N5)ccc34)cc1C2. The zero-order valence-electron chi connectivity index (χ0n) is 30.8. The normalized spacial score (nSPS) is 14.7. The Morgan fingerprint density at radius 2 is 1.34 bits per heavy atom. The van der Waals surface area contributed by atoms with Crippen molar-refractivity contribution in [3.05, 3.63) is 203 Å². The molecule has 0 saturated carbocycles. The lowest BCUT2D eigenvalue weighted by atomic mass is 9.98. The van der Waals surface area contributed by atoms with Crippen LogP contribution in [0.25, 0.3) is 65.1 Å². The molecule has 0 spiro atoms. The van der Waals surface area contributed by atoms with Crippen LogP contribution in [-0.2, 0) is 6.42 Å². The van der Waals surface area contributed by atoms with Gasteiger partial charge >= 0.3 is 0 Å². The molecule has 4 nitrogen and oxygen atoms in total. The summed E-state index contributed by atoms with van der Waals surface area (Å²) in [5, 5.41) is 7.37. The van der Waals surface area contributed by atoms with Gasteiger partial charge in [0.1, 0.15) is 12.0 Å². The predicted octanol–water partition coefficient (Wildman–Crippen LogP) is 12.7. The monoisotopic (exact) mass is 736 g/mol. The molecule has 0 fully saturated rings. The molecule has 0 bridgehead atoms. The molecule has 2 aliphatic rings. The van der Waals surface area contributed by atoms with Crippen LogP contribution in [0.15, 0.2) is 174 Å². The van der Waals surface area contributed by atoms with E-state index in [1.54, 1.807) is 0 Å². The van der Waals surface area contributed by atoms with Crippen LogP contribution in [0.3, 0.4) is 0 Å². The summed E-state index contributed by atoms with van der Waals surface area (Å²) in [6.45, 7) is 6.36. The van der Waals surface area contributed by atoms with Gasteiger partial charge in [0.15, 0.2) is 5.84 Å². The molecule has 1 aliphatic carbocycles. The van der Waals surface area contributed by atoms with Crippen LogP contribution < -0.4 is 5.32 Å². The van der Waals surface area contributed by atoms with Gasteiger partial charge in [-0.05, 0) is 94.3 Å². The second-order valence-corrected chi connectivity index (χ2v) is 15.8. The minimum absolute atomic E-state index is 0.226. The van der Waals surface area contributed by atoms with Gasteiger partial charge in [-0.25, -0.2) is 9.98 Å². The largest absolute Gasteiger partial charge is 0.344 e. The Morgan fingerprint density at radius 1 is 0.643 bits per heavy atom. The molecule has 5 heteroatoms. The molecule has 1 atom stereocenters. The van der Waals surface area contributed by atoms with Crippen molar-refractivity contribution in [2.45, 2.75) is 19.5 Å². The molecule has 266 valence electrons. The number of hydrogen-bond acceptors (Lipinski definition) is 4. The fourth-order valence-electron chi connectivity index (χ4n) is 8.66. The molecule has 0 saturated heterocycles. The molecular formula is C51H36N4S. The third-order valence-corrected chi connectivity index (χ3v) is 12.6. The Kier molecular flexibility index (Phi) is 7.51. The predicted molar refractivity (Wildman–Crippen MR) is 237 cm³/mol. The molecule has 0 radical (unpaired) electrons. The van der Waals surface area contributed by atoms with Crippen molar-refractivity contribution < 1.29 is 0 Å². The van der Waals surface area contributed by atoms with Gasteiger partial charge in [-0.15, -0.1) is 11.3 Å². The average molecular weight is 737 g/mol. The van der Waals surface area contributed by atoms with E-state index in [1.165, 1.54) is 75.7 Å². The fourth-order valence-corrected chi connectivity index (χ4v) is 9.85. The Balaban J connectivity index is 0.930. The van der Waals surface area contributed by atoms with Crippen molar-refractivity contribution in [3.8, 4) is 27.9 Å². The molecule has 3 heterocycles. The number of aliphatic imine (C=N–C) groups is 2. The molecule has 7 aromatic carbocycles. The molecule has 56 heavy (non-hydrogen) atoms. The van der Waals surface area contributed by atoms with Crippen LogP contribution >= 0.6 is 11.3 Å². The number of amidine groups is 2. The number of nitrogens with zero attached hydrogens (tertiary/aromatic N) is 3. The summed E-state index contributed by atoms with van der Waals surface area (Å²) in [5.74, 6) is 1.57. The number of aryl methyl sites for hydroxylation is 1. The Morgan fingerprint density at radius 3 is 2.14 bits per heavy atom. The number of aromatic nitrogens is 1. The highest BCUT2D eigenvalue weighted by Crippen LogP contribution is 2.42. The minimum atomic E-state index is -0.226. The Labute approximate surface area is 329 Å². The molecule has 1 N–H and O–H groups in total. The lowest BCUT2D eigenvalue weighted by molar-refractivity contribution is 0.674. The quantitative estimate of drug-likeness (QED) is 0.181. The van der Waals surface area contributed by atoms with Gasteiger partial charge in [-0.3, -0.25) is 0 Å². The van der Waals surface area contributed by atoms with Crippen molar-refractivity contribution in [2.75, 3.05) is 0 Å². The maximum Gasteiger partial charge on any atom is 0.159 e. The van der Waals surface area contributed by atoms with E-state index in [0.29, 0.717) is 0 Å². The zero-order chi connectivity index (χ0) is 37.3. The summed E-state index contributed by atoms with van der Waals surface area (Å²) in [5.41, 5.74) is 15.8. The van der Waals surface area contributed by atoms with E-state index in [-0.39, 0.29) is 6.17 Å². The summed E-state index contributed by atoms with van der Waals surface area (Å²) < 4.78 is 4.86. The summed E-state index contributed by atoms with van der Waals surface area (Å²) in [4.78, 5) is 10.2. The van der Waals surface area contributed by atoms with E-state index in [1.807, 2.05) is 41.7 Å². The summed E-state index contributed by atoms with van der Waals surface area (Å²) >= 11 is 1.83. The maximum atomic E-state index is 5.11. The Hall–Kier alpha value is -6.82. The first-order valence-corrected chi connectivity index (χ1v) is 19.9. The second kappa shape index (κ2) is 12.9. The topological polar surface area (TPSA) is 41.7 Å².